The number of carbonyl (C=O) groups excluding carboxylic acids is 2. The fraction of sp³-hybridized carbons (Fsp3) is 0.300. The van der Waals surface area contributed by atoms with Crippen LogP contribution in [0.4, 0.5) is 5.69 Å². The number of amides is 1. The first-order valence-corrected chi connectivity index (χ1v) is 10.9. The number of hydrogen-bond acceptors (Lipinski definition) is 5. The number of methoxy groups -OCH3 is 1. The summed E-state index contributed by atoms with van der Waals surface area (Å²) in [6, 6.07) is 12.7. The van der Waals surface area contributed by atoms with Gasteiger partial charge >= 0.3 is 5.97 Å². The summed E-state index contributed by atoms with van der Waals surface area (Å²) >= 11 is 6.00. The van der Waals surface area contributed by atoms with Gasteiger partial charge in [-0.25, -0.2) is 13.2 Å². The molecule has 1 aliphatic rings. The van der Waals surface area contributed by atoms with Crippen LogP contribution in [0.5, 0.6) is 0 Å². The standard InChI is InChI=1S/C20H21ClN2O5S/c1-28-20(25)17-12-15(9-10-18(17)21)22-19(24)14-6-5-11-23(13-14)29(26,27)16-7-3-2-4-8-16/h2-4,7-10,12,14H,5-6,11,13H2,1H3,(H,22,24)/t14-/m0/s1. The van der Waals surface area contributed by atoms with Gasteiger partial charge in [0, 0.05) is 18.8 Å². The number of nitrogens with zero attached hydrogens (tertiary/aromatic N) is 1. The molecule has 7 nitrogen and oxygen atoms in total. The van der Waals surface area contributed by atoms with Gasteiger partial charge in [0.15, 0.2) is 0 Å². The summed E-state index contributed by atoms with van der Waals surface area (Å²) in [7, 11) is -2.41. The number of piperidine rings is 1. The third-order valence-corrected chi connectivity index (χ3v) is 6.98. The molecule has 1 saturated heterocycles. The minimum Gasteiger partial charge on any atom is -0.465 e. The minimum absolute atomic E-state index is 0.0977. The quantitative estimate of drug-likeness (QED) is 0.726. The molecule has 1 aliphatic heterocycles. The van der Waals surface area contributed by atoms with E-state index in [2.05, 4.69) is 10.1 Å². The van der Waals surface area contributed by atoms with E-state index in [1.54, 1.807) is 36.4 Å². The van der Waals surface area contributed by atoms with Crippen molar-refractivity contribution in [1.29, 1.82) is 0 Å². The molecule has 1 fully saturated rings. The first kappa shape index (κ1) is 21.3. The fourth-order valence-corrected chi connectivity index (χ4v) is 4.97. The van der Waals surface area contributed by atoms with E-state index >= 15 is 0 Å². The number of esters is 1. The zero-order chi connectivity index (χ0) is 21.0. The van der Waals surface area contributed by atoms with Crippen molar-refractivity contribution in [2.75, 3.05) is 25.5 Å². The number of ether oxygens (including phenoxy) is 1. The summed E-state index contributed by atoms with van der Waals surface area (Å²) in [6.45, 7) is 0.467. The van der Waals surface area contributed by atoms with E-state index in [1.807, 2.05) is 0 Å². The number of benzene rings is 2. The third kappa shape index (κ3) is 4.77. The highest BCUT2D eigenvalue weighted by molar-refractivity contribution is 7.89. The topological polar surface area (TPSA) is 92.8 Å². The monoisotopic (exact) mass is 436 g/mol. The van der Waals surface area contributed by atoms with E-state index in [4.69, 9.17) is 11.6 Å². The van der Waals surface area contributed by atoms with Crippen molar-refractivity contribution in [3.05, 3.63) is 59.1 Å². The van der Waals surface area contributed by atoms with Crippen LogP contribution in [-0.4, -0.2) is 44.8 Å². The Labute approximate surface area is 174 Å². The lowest BCUT2D eigenvalue weighted by atomic mass is 9.98. The predicted octanol–water partition coefficient (Wildman–Crippen LogP) is 3.17. The zero-order valence-corrected chi connectivity index (χ0v) is 17.4. The number of halogens is 1. The van der Waals surface area contributed by atoms with Gasteiger partial charge in [-0.3, -0.25) is 4.79 Å². The molecule has 0 saturated carbocycles. The van der Waals surface area contributed by atoms with Crippen molar-refractivity contribution in [3.8, 4) is 0 Å². The van der Waals surface area contributed by atoms with E-state index in [0.29, 0.717) is 25.1 Å². The lowest BCUT2D eigenvalue weighted by molar-refractivity contribution is -0.120. The van der Waals surface area contributed by atoms with Crippen molar-refractivity contribution in [1.82, 2.24) is 4.31 Å². The molecule has 1 heterocycles. The summed E-state index contributed by atoms with van der Waals surface area (Å²) in [4.78, 5) is 24.7. The summed E-state index contributed by atoms with van der Waals surface area (Å²) in [5.74, 6) is -1.42. The van der Waals surface area contributed by atoms with Crippen molar-refractivity contribution in [2.24, 2.45) is 5.92 Å². The molecule has 1 N–H and O–H groups in total. The van der Waals surface area contributed by atoms with Gasteiger partial charge in [-0.15, -0.1) is 0 Å². The van der Waals surface area contributed by atoms with Crippen LogP contribution in [0.15, 0.2) is 53.4 Å². The Morgan fingerprint density at radius 1 is 1.17 bits per heavy atom. The van der Waals surface area contributed by atoms with Crippen LogP contribution in [0, 0.1) is 5.92 Å². The maximum Gasteiger partial charge on any atom is 0.339 e. The normalized spacial score (nSPS) is 17.5. The van der Waals surface area contributed by atoms with Crippen LogP contribution < -0.4 is 5.32 Å². The van der Waals surface area contributed by atoms with Crippen LogP contribution in [0.25, 0.3) is 0 Å². The Kier molecular flexibility index (Phi) is 6.56. The molecule has 0 aromatic heterocycles. The highest BCUT2D eigenvalue weighted by Crippen LogP contribution is 2.26. The maximum atomic E-state index is 12.8. The second-order valence-corrected chi connectivity index (χ2v) is 9.04. The van der Waals surface area contributed by atoms with E-state index in [0.717, 1.165) is 0 Å². The Morgan fingerprint density at radius 3 is 2.59 bits per heavy atom. The number of hydrogen-bond donors (Lipinski definition) is 1. The minimum atomic E-state index is -3.65. The van der Waals surface area contributed by atoms with Gasteiger partial charge in [-0.05, 0) is 43.2 Å². The molecule has 1 amide bonds. The molecule has 0 spiro atoms. The number of rotatable bonds is 5. The number of nitrogens with one attached hydrogen (secondary N) is 1. The second-order valence-electron chi connectivity index (χ2n) is 6.69. The van der Waals surface area contributed by atoms with Crippen molar-refractivity contribution in [2.45, 2.75) is 17.7 Å². The van der Waals surface area contributed by atoms with Gasteiger partial charge in [-0.1, -0.05) is 29.8 Å². The van der Waals surface area contributed by atoms with Gasteiger partial charge in [0.05, 0.1) is 28.5 Å². The lowest BCUT2D eigenvalue weighted by Gasteiger charge is -2.31. The van der Waals surface area contributed by atoms with Gasteiger partial charge in [0.2, 0.25) is 15.9 Å². The van der Waals surface area contributed by atoms with Gasteiger partial charge in [-0.2, -0.15) is 4.31 Å². The molecule has 0 bridgehead atoms. The molecular weight excluding hydrogens is 416 g/mol. The first-order valence-electron chi connectivity index (χ1n) is 9.07. The summed E-state index contributed by atoms with van der Waals surface area (Å²) in [6.07, 6.45) is 1.16. The average molecular weight is 437 g/mol. The van der Waals surface area contributed by atoms with Crippen LogP contribution in [0.1, 0.15) is 23.2 Å². The Hall–Kier alpha value is -2.42. The molecule has 9 heteroatoms. The number of anilines is 1. The van der Waals surface area contributed by atoms with Gasteiger partial charge in [0.25, 0.3) is 0 Å². The first-order chi connectivity index (χ1) is 13.8. The fourth-order valence-electron chi connectivity index (χ4n) is 3.23. The second kappa shape index (κ2) is 8.94. The van der Waals surface area contributed by atoms with Crippen LogP contribution in [-0.2, 0) is 19.6 Å². The van der Waals surface area contributed by atoms with E-state index in [-0.39, 0.29) is 27.9 Å². The molecule has 29 heavy (non-hydrogen) atoms. The molecule has 0 aliphatic carbocycles. The van der Waals surface area contributed by atoms with Crippen molar-refractivity contribution < 1.29 is 22.7 Å². The molecule has 154 valence electrons. The predicted molar refractivity (Wildman–Crippen MR) is 109 cm³/mol. The molecule has 2 aromatic carbocycles. The molecular formula is C20H21ClN2O5S. The highest BCUT2D eigenvalue weighted by Gasteiger charge is 2.33. The van der Waals surface area contributed by atoms with Gasteiger partial charge < -0.3 is 10.1 Å². The van der Waals surface area contributed by atoms with E-state index < -0.39 is 21.9 Å². The largest absolute Gasteiger partial charge is 0.465 e. The van der Waals surface area contributed by atoms with Crippen molar-refractivity contribution in [3.63, 3.8) is 0 Å². The number of carbonyl (C=O) groups is 2. The molecule has 2 aromatic rings. The van der Waals surface area contributed by atoms with E-state index in [1.165, 1.54) is 23.5 Å². The molecule has 3 rings (SSSR count). The average Bonchev–Trinajstić information content (AvgIpc) is 2.75. The Bertz CT molecular complexity index is 1010. The SMILES string of the molecule is COC(=O)c1cc(NC(=O)[C@H]2CCCN(S(=O)(=O)c3ccccc3)C2)ccc1Cl. The highest BCUT2D eigenvalue weighted by atomic mass is 35.5. The van der Waals surface area contributed by atoms with Crippen LogP contribution >= 0.6 is 11.6 Å². The van der Waals surface area contributed by atoms with Crippen LogP contribution in [0.2, 0.25) is 5.02 Å². The van der Waals surface area contributed by atoms with Gasteiger partial charge in [0.1, 0.15) is 0 Å². The zero-order valence-electron chi connectivity index (χ0n) is 15.8. The molecule has 1 atom stereocenters. The Morgan fingerprint density at radius 2 is 1.90 bits per heavy atom. The number of sulfonamides is 1. The summed E-state index contributed by atoms with van der Waals surface area (Å²) < 4.78 is 31.7. The maximum absolute atomic E-state index is 12.8. The molecule has 0 unspecified atom stereocenters. The Balaban J connectivity index is 1.73. The third-order valence-electron chi connectivity index (χ3n) is 4.78. The smallest absolute Gasteiger partial charge is 0.339 e. The lowest BCUT2D eigenvalue weighted by Crippen LogP contribution is -2.43. The van der Waals surface area contributed by atoms with E-state index in [9.17, 15) is 18.0 Å². The summed E-state index contributed by atoms with van der Waals surface area (Å²) in [5.41, 5.74) is 0.534. The van der Waals surface area contributed by atoms with Crippen LogP contribution in [0.3, 0.4) is 0 Å². The molecule has 0 radical (unpaired) electrons. The van der Waals surface area contributed by atoms with Crippen molar-refractivity contribution >= 4 is 39.2 Å². The summed E-state index contributed by atoms with van der Waals surface area (Å²) in [5, 5.41) is 2.96.